The van der Waals surface area contributed by atoms with Gasteiger partial charge in [-0.05, 0) is 12.5 Å². The Hall–Kier alpha value is -2.82. The molecule has 2 aliphatic rings. The molecule has 2 fully saturated rings. The average molecular weight is 472 g/mol. The van der Waals surface area contributed by atoms with Gasteiger partial charge in [-0.15, -0.1) is 0 Å². The SMILES string of the molecule is CC(=O)N[C@H]1[C@@H](OCc2ccccc2)O[C@@H]2COC(c3ccccc3)O[C@H]2[C@@H]1OC(C)C(=O)O. The average Bonchev–Trinajstić information content (AvgIpc) is 2.84. The molecule has 2 aromatic rings. The van der Waals surface area contributed by atoms with E-state index in [0.29, 0.717) is 0 Å². The lowest BCUT2D eigenvalue weighted by Gasteiger charge is -2.49. The van der Waals surface area contributed by atoms with Crippen LogP contribution in [0.2, 0.25) is 0 Å². The van der Waals surface area contributed by atoms with Gasteiger partial charge in [0, 0.05) is 12.5 Å². The van der Waals surface area contributed by atoms with E-state index in [4.69, 9.17) is 23.7 Å². The van der Waals surface area contributed by atoms with E-state index < -0.39 is 49.0 Å². The largest absolute Gasteiger partial charge is 0.479 e. The first-order chi connectivity index (χ1) is 16.4. The number of ether oxygens (including phenoxy) is 5. The van der Waals surface area contributed by atoms with Crippen LogP contribution in [0.1, 0.15) is 31.3 Å². The summed E-state index contributed by atoms with van der Waals surface area (Å²) in [5.74, 6) is -1.46. The molecule has 0 aromatic heterocycles. The molecule has 34 heavy (non-hydrogen) atoms. The molecule has 2 saturated heterocycles. The zero-order chi connectivity index (χ0) is 24.1. The predicted molar refractivity (Wildman–Crippen MR) is 119 cm³/mol. The molecule has 9 heteroatoms. The number of carboxylic acids is 1. The highest BCUT2D eigenvalue weighted by molar-refractivity contribution is 5.73. The molecule has 182 valence electrons. The first-order valence-corrected chi connectivity index (χ1v) is 11.2. The van der Waals surface area contributed by atoms with Gasteiger partial charge in [0.05, 0.1) is 13.2 Å². The van der Waals surface area contributed by atoms with E-state index in [9.17, 15) is 14.7 Å². The van der Waals surface area contributed by atoms with Crippen molar-refractivity contribution in [2.24, 2.45) is 0 Å². The maximum atomic E-state index is 12.1. The summed E-state index contributed by atoms with van der Waals surface area (Å²) in [7, 11) is 0. The molecular formula is C25H29NO8. The van der Waals surface area contributed by atoms with Crippen molar-refractivity contribution in [1.82, 2.24) is 5.32 Å². The molecule has 0 spiro atoms. The Balaban J connectivity index is 1.59. The second kappa shape index (κ2) is 11.1. The lowest BCUT2D eigenvalue weighted by atomic mass is 9.95. The number of carbonyl (C=O) groups excluding carboxylic acids is 1. The van der Waals surface area contributed by atoms with E-state index in [0.717, 1.165) is 11.1 Å². The maximum absolute atomic E-state index is 12.1. The van der Waals surface area contributed by atoms with Gasteiger partial charge in [-0.2, -0.15) is 0 Å². The molecule has 4 rings (SSSR count). The van der Waals surface area contributed by atoms with E-state index in [1.54, 1.807) is 0 Å². The van der Waals surface area contributed by atoms with Crippen LogP contribution in [0.25, 0.3) is 0 Å². The van der Waals surface area contributed by atoms with Crippen molar-refractivity contribution in [2.75, 3.05) is 6.61 Å². The fourth-order valence-corrected chi connectivity index (χ4v) is 4.09. The minimum Gasteiger partial charge on any atom is -0.479 e. The molecule has 2 N–H and O–H groups in total. The van der Waals surface area contributed by atoms with Crippen LogP contribution in [0.15, 0.2) is 60.7 Å². The number of rotatable bonds is 8. The summed E-state index contributed by atoms with van der Waals surface area (Å²) in [6.45, 7) is 3.22. The highest BCUT2D eigenvalue weighted by atomic mass is 16.8. The maximum Gasteiger partial charge on any atom is 0.332 e. The first-order valence-electron chi connectivity index (χ1n) is 11.2. The zero-order valence-electron chi connectivity index (χ0n) is 19.0. The number of amides is 1. The van der Waals surface area contributed by atoms with Crippen LogP contribution in [-0.2, 0) is 39.9 Å². The first kappa shape index (κ1) is 24.3. The van der Waals surface area contributed by atoms with Crippen LogP contribution in [0.3, 0.4) is 0 Å². The summed E-state index contributed by atoms with van der Waals surface area (Å²) in [5, 5.41) is 12.3. The van der Waals surface area contributed by atoms with Crippen LogP contribution in [0, 0.1) is 0 Å². The molecule has 0 aliphatic carbocycles. The fourth-order valence-electron chi connectivity index (χ4n) is 4.09. The lowest BCUT2D eigenvalue weighted by Crippen LogP contribution is -2.67. The van der Waals surface area contributed by atoms with Gasteiger partial charge in [0.25, 0.3) is 0 Å². The number of aliphatic carboxylic acids is 1. The summed E-state index contributed by atoms with van der Waals surface area (Å²) < 4.78 is 30.3. The Kier molecular flexibility index (Phi) is 7.91. The van der Waals surface area contributed by atoms with Gasteiger partial charge in [-0.25, -0.2) is 4.79 Å². The molecule has 0 radical (unpaired) electrons. The number of benzene rings is 2. The van der Waals surface area contributed by atoms with Crippen LogP contribution < -0.4 is 5.32 Å². The normalized spacial score (nSPS) is 29.6. The van der Waals surface area contributed by atoms with E-state index >= 15 is 0 Å². The Bertz CT molecular complexity index is 956. The van der Waals surface area contributed by atoms with E-state index in [1.165, 1.54) is 13.8 Å². The summed E-state index contributed by atoms with van der Waals surface area (Å²) in [6.07, 6.45) is -4.87. The van der Waals surface area contributed by atoms with Gasteiger partial charge in [-0.3, -0.25) is 4.79 Å². The third kappa shape index (κ3) is 5.81. The van der Waals surface area contributed by atoms with Crippen LogP contribution in [-0.4, -0.2) is 60.3 Å². The van der Waals surface area contributed by atoms with Crippen LogP contribution >= 0.6 is 0 Å². The van der Waals surface area contributed by atoms with E-state index in [-0.39, 0.29) is 19.1 Å². The van der Waals surface area contributed by atoms with Gasteiger partial charge in [0.15, 0.2) is 18.7 Å². The Morgan fingerprint density at radius 3 is 2.41 bits per heavy atom. The summed E-state index contributed by atoms with van der Waals surface area (Å²) in [4.78, 5) is 23.7. The van der Waals surface area contributed by atoms with Gasteiger partial charge in [0.1, 0.15) is 24.4 Å². The fraction of sp³-hybridized carbons (Fsp3) is 0.440. The minimum absolute atomic E-state index is 0.184. The summed E-state index contributed by atoms with van der Waals surface area (Å²) in [5.41, 5.74) is 1.73. The van der Waals surface area contributed by atoms with Gasteiger partial charge < -0.3 is 34.1 Å². The molecule has 0 saturated carbocycles. The van der Waals surface area contributed by atoms with Crippen LogP contribution in [0.5, 0.6) is 0 Å². The Morgan fingerprint density at radius 1 is 1.09 bits per heavy atom. The Morgan fingerprint density at radius 2 is 1.76 bits per heavy atom. The molecular weight excluding hydrogens is 442 g/mol. The van der Waals surface area contributed by atoms with Crippen molar-refractivity contribution in [2.45, 2.75) is 63.5 Å². The molecule has 0 bridgehead atoms. The van der Waals surface area contributed by atoms with Crippen LogP contribution in [0.4, 0.5) is 0 Å². The highest BCUT2D eigenvalue weighted by Crippen LogP contribution is 2.36. The number of carboxylic acid groups (broad SMARTS) is 1. The lowest BCUT2D eigenvalue weighted by molar-refractivity contribution is -0.351. The summed E-state index contributed by atoms with van der Waals surface area (Å²) in [6, 6.07) is 18.1. The van der Waals surface area contributed by atoms with Gasteiger partial charge in [0.2, 0.25) is 5.91 Å². The standard InChI is InChI=1S/C25H29NO8/c1-15(23(28)29)32-22-20(26-16(2)27)25(30-13-17-9-5-3-6-10-17)33-19-14-31-24(34-21(19)22)18-11-7-4-8-12-18/h3-12,15,19-22,24-25H,13-14H2,1-2H3,(H,26,27)(H,28,29)/t15?,19-,20-,21-,22-,24?,25+/m1/s1. The second-order valence-electron chi connectivity index (χ2n) is 8.32. The predicted octanol–water partition coefficient (Wildman–Crippen LogP) is 2.41. The molecule has 2 aliphatic heterocycles. The number of fused-ring (bicyclic) bond motifs is 1. The molecule has 9 nitrogen and oxygen atoms in total. The quantitative estimate of drug-likeness (QED) is 0.604. The third-order valence-electron chi connectivity index (χ3n) is 5.75. The molecule has 2 heterocycles. The van der Waals surface area contributed by atoms with E-state index in [2.05, 4.69) is 5.32 Å². The zero-order valence-corrected chi connectivity index (χ0v) is 19.0. The molecule has 1 amide bonds. The van der Waals surface area contributed by atoms with Gasteiger partial charge in [-0.1, -0.05) is 60.7 Å². The third-order valence-corrected chi connectivity index (χ3v) is 5.75. The number of hydrogen-bond donors (Lipinski definition) is 2. The number of hydrogen-bond acceptors (Lipinski definition) is 7. The molecule has 7 atom stereocenters. The number of nitrogens with one attached hydrogen (secondary N) is 1. The minimum atomic E-state index is -1.14. The van der Waals surface area contributed by atoms with Crippen molar-refractivity contribution < 1.29 is 38.4 Å². The topological polar surface area (TPSA) is 113 Å². The Labute approximate surface area is 197 Å². The number of carbonyl (C=O) groups is 2. The molecule has 2 aromatic carbocycles. The van der Waals surface area contributed by atoms with Crippen molar-refractivity contribution in [3.63, 3.8) is 0 Å². The van der Waals surface area contributed by atoms with Crippen molar-refractivity contribution in [3.05, 3.63) is 71.8 Å². The smallest absolute Gasteiger partial charge is 0.332 e. The van der Waals surface area contributed by atoms with Crippen molar-refractivity contribution in [1.29, 1.82) is 0 Å². The second-order valence-corrected chi connectivity index (χ2v) is 8.32. The monoisotopic (exact) mass is 471 g/mol. The van der Waals surface area contributed by atoms with Crippen molar-refractivity contribution >= 4 is 11.9 Å². The van der Waals surface area contributed by atoms with Crippen molar-refractivity contribution in [3.8, 4) is 0 Å². The summed E-state index contributed by atoms with van der Waals surface area (Å²) >= 11 is 0. The van der Waals surface area contributed by atoms with Gasteiger partial charge >= 0.3 is 5.97 Å². The highest BCUT2D eigenvalue weighted by Gasteiger charge is 2.52. The van der Waals surface area contributed by atoms with E-state index in [1.807, 2.05) is 60.7 Å². The molecule has 2 unspecified atom stereocenters.